The molecule has 0 bridgehead atoms. The molecule has 0 saturated carbocycles. The van der Waals surface area contributed by atoms with Crippen LogP contribution < -0.4 is 5.32 Å². The van der Waals surface area contributed by atoms with Gasteiger partial charge in [0.1, 0.15) is 11.5 Å². The maximum absolute atomic E-state index is 12.7. The van der Waals surface area contributed by atoms with E-state index in [9.17, 15) is 14.0 Å². The highest BCUT2D eigenvalue weighted by atomic mass is 19.1. The van der Waals surface area contributed by atoms with E-state index in [1.807, 2.05) is 13.8 Å². The number of aromatic nitrogens is 1. The van der Waals surface area contributed by atoms with Gasteiger partial charge in [-0.3, -0.25) is 9.59 Å². The van der Waals surface area contributed by atoms with Crippen LogP contribution >= 0.6 is 0 Å². The first-order valence-corrected chi connectivity index (χ1v) is 6.08. The van der Waals surface area contributed by atoms with Gasteiger partial charge in [-0.15, -0.1) is 0 Å². The van der Waals surface area contributed by atoms with Crippen molar-refractivity contribution in [3.05, 3.63) is 29.8 Å². The Morgan fingerprint density at radius 1 is 1.37 bits per heavy atom. The highest BCUT2D eigenvalue weighted by Gasteiger charge is 2.31. The lowest BCUT2D eigenvalue weighted by Crippen LogP contribution is -2.49. The molecule has 0 atom stereocenters. The summed E-state index contributed by atoms with van der Waals surface area (Å²) in [5, 5.41) is 11.6. The third-order valence-electron chi connectivity index (χ3n) is 3.18. The maximum atomic E-state index is 12.7. The largest absolute Gasteiger partial charge is 0.481 e. The van der Waals surface area contributed by atoms with Gasteiger partial charge in [-0.25, -0.2) is 9.37 Å². The summed E-state index contributed by atoms with van der Waals surface area (Å²) in [4.78, 5) is 26.5. The zero-order chi connectivity index (χ0) is 14.5. The molecule has 19 heavy (non-hydrogen) atoms. The highest BCUT2D eigenvalue weighted by molar-refractivity contribution is 5.93. The molecule has 0 radical (unpaired) electrons. The van der Waals surface area contributed by atoms with Crippen LogP contribution in [0.15, 0.2) is 18.3 Å². The molecular weight excluding hydrogens is 251 g/mol. The van der Waals surface area contributed by atoms with Crippen LogP contribution in [0.4, 0.5) is 4.39 Å². The Kier molecular flexibility index (Phi) is 4.97. The zero-order valence-electron chi connectivity index (χ0n) is 10.9. The van der Waals surface area contributed by atoms with Gasteiger partial charge in [0.25, 0.3) is 5.91 Å². The summed E-state index contributed by atoms with van der Waals surface area (Å²) in [6, 6.07) is 2.40. The summed E-state index contributed by atoms with van der Waals surface area (Å²) >= 11 is 0. The van der Waals surface area contributed by atoms with Crippen molar-refractivity contribution in [1.29, 1.82) is 0 Å². The molecule has 6 heteroatoms. The van der Waals surface area contributed by atoms with E-state index >= 15 is 0 Å². The lowest BCUT2D eigenvalue weighted by atomic mass is 9.89. The number of nitrogens with one attached hydrogen (secondary N) is 1. The van der Waals surface area contributed by atoms with Crippen LogP contribution in [-0.2, 0) is 4.79 Å². The second kappa shape index (κ2) is 6.26. The Bertz CT molecular complexity index is 455. The molecule has 1 heterocycles. The number of nitrogens with zero attached hydrogens (tertiary/aromatic N) is 1. The van der Waals surface area contributed by atoms with E-state index in [0.717, 1.165) is 12.3 Å². The molecule has 1 aromatic heterocycles. The van der Waals surface area contributed by atoms with Crippen molar-refractivity contribution >= 4 is 11.9 Å². The van der Waals surface area contributed by atoms with E-state index in [2.05, 4.69) is 10.3 Å². The third kappa shape index (κ3) is 4.01. The minimum absolute atomic E-state index is 0.0677. The van der Waals surface area contributed by atoms with Crippen molar-refractivity contribution in [3.8, 4) is 0 Å². The van der Waals surface area contributed by atoms with Gasteiger partial charge >= 0.3 is 5.97 Å². The summed E-state index contributed by atoms with van der Waals surface area (Å²) in [6.45, 7) is 3.62. The lowest BCUT2D eigenvalue weighted by Gasteiger charge is -2.31. The average molecular weight is 268 g/mol. The molecule has 0 unspecified atom stereocenters. The van der Waals surface area contributed by atoms with Gasteiger partial charge in [-0.1, -0.05) is 13.8 Å². The highest BCUT2D eigenvalue weighted by Crippen LogP contribution is 2.20. The van der Waals surface area contributed by atoms with Gasteiger partial charge in [-0.2, -0.15) is 0 Å². The van der Waals surface area contributed by atoms with E-state index in [4.69, 9.17) is 5.11 Å². The summed E-state index contributed by atoms with van der Waals surface area (Å²) in [5.41, 5.74) is -0.739. The van der Waals surface area contributed by atoms with Crippen LogP contribution in [0.1, 0.15) is 43.6 Å². The first-order chi connectivity index (χ1) is 8.92. The SMILES string of the molecule is CCC(CC)(CC(=O)O)NC(=O)c1ccc(F)cn1. The maximum Gasteiger partial charge on any atom is 0.305 e. The third-order valence-corrected chi connectivity index (χ3v) is 3.18. The van der Waals surface area contributed by atoms with Gasteiger partial charge in [0.2, 0.25) is 0 Å². The molecule has 0 aliphatic heterocycles. The van der Waals surface area contributed by atoms with Crippen LogP contribution in [0, 0.1) is 5.82 Å². The van der Waals surface area contributed by atoms with Crippen LogP contribution in [0.3, 0.4) is 0 Å². The van der Waals surface area contributed by atoms with Crippen molar-refractivity contribution in [2.75, 3.05) is 0 Å². The number of amides is 1. The quantitative estimate of drug-likeness (QED) is 0.826. The molecule has 0 spiro atoms. The molecule has 1 rings (SSSR count). The van der Waals surface area contributed by atoms with E-state index in [-0.39, 0.29) is 12.1 Å². The van der Waals surface area contributed by atoms with Gasteiger partial charge in [0, 0.05) is 0 Å². The summed E-state index contributed by atoms with van der Waals surface area (Å²) in [5.74, 6) is -2.00. The number of pyridine rings is 1. The fraction of sp³-hybridized carbons (Fsp3) is 0.462. The number of carbonyl (C=O) groups is 2. The second-order valence-electron chi connectivity index (χ2n) is 4.37. The van der Waals surface area contributed by atoms with Crippen molar-refractivity contribution in [2.24, 2.45) is 0 Å². The molecular formula is C13H17FN2O3. The van der Waals surface area contributed by atoms with E-state index in [0.29, 0.717) is 12.8 Å². The van der Waals surface area contributed by atoms with Gasteiger partial charge in [0.05, 0.1) is 18.2 Å². The Morgan fingerprint density at radius 3 is 2.42 bits per heavy atom. The number of hydrogen-bond donors (Lipinski definition) is 2. The van der Waals surface area contributed by atoms with E-state index in [1.165, 1.54) is 6.07 Å². The molecule has 2 N–H and O–H groups in total. The van der Waals surface area contributed by atoms with Gasteiger partial charge in [0.15, 0.2) is 0 Å². The van der Waals surface area contributed by atoms with Crippen LogP contribution in [0.25, 0.3) is 0 Å². The standard InChI is InChI=1S/C13H17FN2O3/c1-3-13(4-2,7-11(17)18)16-12(19)10-6-5-9(14)8-15-10/h5-6,8H,3-4,7H2,1-2H3,(H,16,19)(H,17,18). The monoisotopic (exact) mass is 268 g/mol. The first kappa shape index (κ1) is 15.1. The molecule has 104 valence electrons. The molecule has 0 saturated heterocycles. The van der Waals surface area contributed by atoms with Crippen LogP contribution in [0.2, 0.25) is 0 Å². The summed E-state index contributed by atoms with van der Waals surface area (Å²) < 4.78 is 12.7. The second-order valence-corrected chi connectivity index (χ2v) is 4.37. The molecule has 0 aliphatic carbocycles. The number of carboxylic acid groups (broad SMARTS) is 1. The average Bonchev–Trinajstić information content (AvgIpc) is 2.38. The zero-order valence-corrected chi connectivity index (χ0v) is 10.9. The van der Waals surface area contributed by atoms with Crippen molar-refractivity contribution < 1.29 is 19.1 Å². The van der Waals surface area contributed by atoms with E-state index < -0.39 is 23.2 Å². The van der Waals surface area contributed by atoms with Gasteiger partial charge < -0.3 is 10.4 Å². The number of carboxylic acids is 1. The van der Waals surface area contributed by atoms with Crippen LogP contribution in [-0.4, -0.2) is 27.5 Å². The predicted octanol–water partition coefficient (Wildman–Crippen LogP) is 1.98. The minimum atomic E-state index is -0.976. The van der Waals surface area contributed by atoms with Crippen molar-refractivity contribution in [3.63, 3.8) is 0 Å². The fourth-order valence-electron chi connectivity index (χ4n) is 1.83. The molecule has 1 amide bonds. The molecule has 0 fully saturated rings. The number of hydrogen-bond acceptors (Lipinski definition) is 3. The first-order valence-electron chi connectivity index (χ1n) is 6.08. The molecule has 5 nitrogen and oxygen atoms in total. The molecule has 0 aromatic carbocycles. The topological polar surface area (TPSA) is 79.3 Å². The smallest absolute Gasteiger partial charge is 0.305 e. The summed E-state index contributed by atoms with van der Waals surface area (Å²) in [7, 11) is 0. The minimum Gasteiger partial charge on any atom is -0.481 e. The normalized spacial score (nSPS) is 11.1. The molecule has 1 aromatic rings. The predicted molar refractivity (Wildman–Crippen MR) is 67.2 cm³/mol. The van der Waals surface area contributed by atoms with E-state index in [1.54, 1.807) is 0 Å². The fourth-order valence-corrected chi connectivity index (χ4v) is 1.83. The van der Waals surface area contributed by atoms with Crippen molar-refractivity contribution in [2.45, 2.75) is 38.6 Å². The Hall–Kier alpha value is -1.98. The number of carbonyl (C=O) groups excluding carboxylic acids is 1. The summed E-state index contributed by atoms with van der Waals surface area (Å²) in [6.07, 6.45) is 1.77. The number of halogens is 1. The lowest BCUT2D eigenvalue weighted by molar-refractivity contribution is -0.138. The Balaban J connectivity index is 2.87. The van der Waals surface area contributed by atoms with Crippen LogP contribution in [0.5, 0.6) is 0 Å². The Labute approximate surface area is 110 Å². The number of aliphatic carboxylic acids is 1. The van der Waals surface area contributed by atoms with Gasteiger partial charge in [-0.05, 0) is 25.0 Å². The Morgan fingerprint density at radius 2 is 2.00 bits per heavy atom. The van der Waals surface area contributed by atoms with Crippen molar-refractivity contribution in [1.82, 2.24) is 10.3 Å². The number of rotatable bonds is 6. The molecule has 0 aliphatic rings.